The summed E-state index contributed by atoms with van der Waals surface area (Å²) < 4.78 is 65.6. The van der Waals surface area contributed by atoms with Crippen LogP contribution in [0.2, 0.25) is 19.6 Å². The van der Waals surface area contributed by atoms with Crippen molar-refractivity contribution in [1.82, 2.24) is 4.98 Å². The first kappa shape index (κ1) is 23.6. The van der Waals surface area contributed by atoms with E-state index in [0.29, 0.717) is 11.6 Å². The number of aryl methyl sites for hydroxylation is 1. The minimum atomic E-state index is -4.04. The second-order valence-electron chi connectivity index (χ2n) is 8.50. The molecule has 0 aliphatic rings. The van der Waals surface area contributed by atoms with E-state index in [4.69, 9.17) is 4.43 Å². The number of nitriles is 1. The van der Waals surface area contributed by atoms with Gasteiger partial charge in [0.15, 0.2) is 8.32 Å². The van der Waals surface area contributed by atoms with Crippen molar-refractivity contribution in [2.45, 2.75) is 38.1 Å². The fraction of sp³-hybridized carbons (Fsp3) is 0.250. The molecule has 0 N–H and O–H groups in total. The zero-order chi connectivity index (χ0) is 23.7. The first-order valence-corrected chi connectivity index (χ1v) is 13.3. The number of pyridine rings is 1. The van der Waals surface area contributed by atoms with E-state index in [1.807, 2.05) is 31.2 Å². The third kappa shape index (κ3) is 4.45. The molecule has 0 radical (unpaired) electrons. The number of benzene rings is 2. The van der Waals surface area contributed by atoms with E-state index >= 15 is 8.78 Å². The lowest BCUT2D eigenvalue weighted by Crippen LogP contribution is -2.51. The van der Waals surface area contributed by atoms with Gasteiger partial charge in [-0.15, -0.1) is 0 Å². The third-order valence-corrected chi connectivity index (χ3v) is 5.76. The predicted molar refractivity (Wildman–Crippen MR) is 116 cm³/mol. The van der Waals surface area contributed by atoms with Crippen molar-refractivity contribution in [3.63, 3.8) is 0 Å². The number of nitrogens with zero attached hydrogens (tertiary/aromatic N) is 2. The first-order valence-electron chi connectivity index (χ1n) is 9.88. The molecule has 0 spiro atoms. The quantitative estimate of drug-likeness (QED) is 0.305. The highest BCUT2D eigenvalue weighted by atomic mass is 28.4. The fourth-order valence-corrected chi connectivity index (χ4v) is 4.55. The zero-order valence-corrected chi connectivity index (χ0v) is 19.1. The van der Waals surface area contributed by atoms with Crippen LogP contribution in [0.4, 0.5) is 17.6 Å². The SMILES string of the molecule is Cc1ccc(-c2ccc(C(F)(F)[C@@](C#N)(O[Si](C)(C)C)c3ccc(F)cc3F)nc2)cc1. The van der Waals surface area contributed by atoms with Gasteiger partial charge >= 0.3 is 5.92 Å². The molecule has 0 bridgehead atoms. The molecule has 0 aliphatic carbocycles. The zero-order valence-electron chi connectivity index (χ0n) is 18.1. The van der Waals surface area contributed by atoms with Gasteiger partial charge in [-0.05, 0) is 50.3 Å². The summed E-state index contributed by atoms with van der Waals surface area (Å²) in [5.41, 5.74) is -2.07. The monoisotopic (exact) mass is 458 g/mol. The molecule has 2 aromatic carbocycles. The molecule has 0 saturated heterocycles. The second-order valence-corrected chi connectivity index (χ2v) is 12.9. The average molecular weight is 459 g/mol. The van der Waals surface area contributed by atoms with Crippen molar-refractivity contribution in [3.8, 4) is 17.2 Å². The smallest absolute Gasteiger partial charge is 0.334 e. The summed E-state index contributed by atoms with van der Waals surface area (Å²) >= 11 is 0. The summed E-state index contributed by atoms with van der Waals surface area (Å²) in [7, 11) is -2.84. The van der Waals surface area contributed by atoms with Gasteiger partial charge in [-0.25, -0.2) is 8.78 Å². The number of rotatable bonds is 6. The molecule has 3 rings (SSSR count). The summed E-state index contributed by atoms with van der Waals surface area (Å²) in [4.78, 5) is 3.90. The van der Waals surface area contributed by atoms with Gasteiger partial charge in [0.2, 0.25) is 5.60 Å². The van der Waals surface area contributed by atoms with Gasteiger partial charge in [-0.1, -0.05) is 35.9 Å². The van der Waals surface area contributed by atoms with E-state index in [0.717, 1.165) is 29.3 Å². The van der Waals surface area contributed by atoms with Crippen LogP contribution in [0.5, 0.6) is 0 Å². The van der Waals surface area contributed by atoms with Crippen LogP contribution in [0.15, 0.2) is 60.8 Å². The summed E-state index contributed by atoms with van der Waals surface area (Å²) in [5, 5.41) is 9.92. The number of hydrogen-bond donors (Lipinski definition) is 0. The highest BCUT2D eigenvalue weighted by Gasteiger charge is 2.61. The Morgan fingerprint density at radius 3 is 2.06 bits per heavy atom. The van der Waals surface area contributed by atoms with Crippen LogP contribution < -0.4 is 0 Å². The second kappa shape index (κ2) is 8.49. The number of halogens is 4. The standard InChI is InChI=1S/C24H22F4N2OSi/c1-16-5-7-17(8-6-16)18-9-12-22(30-14-18)24(27,28)23(15-29,31-32(2,3)4)20-11-10-19(25)13-21(20)26/h5-14H,1-4H3/t23-/m0/s1. The van der Waals surface area contributed by atoms with Crippen molar-refractivity contribution in [1.29, 1.82) is 5.26 Å². The lowest BCUT2D eigenvalue weighted by atomic mass is 9.86. The van der Waals surface area contributed by atoms with E-state index in [2.05, 4.69) is 4.98 Å². The third-order valence-electron chi connectivity index (χ3n) is 4.84. The Morgan fingerprint density at radius 2 is 1.56 bits per heavy atom. The molecule has 8 heteroatoms. The molecule has 166 valence electrons. The number of aromatic nitrogens is 1. The molecule has 0 amide bonds. The average Bonchev–Trinajstić information content (AvgIpc) is 2.72. The van der Waals surface area contributed by atoms with Gasteiger partial charge < -0.3 is 4.43 Å². The van der Waals surface area contributed by atoms with Crippen molar-refractivity contribution in [2.24, 2.45) is 0 Å². The van der Waals surface area contributed by atoms with Crippen LogP contribution in [-0.2, 0) is 15.9 Å². The van der Waals surface area contributed by atoms with Crippen LogP contribution in [0.25, 0.3) is 11.1 Å². The van der Waals surface area contributed by atoms with Crippen molar-refractivity contribution < 1.29 is 22.0 Å². The van der Waals surface area contributed by atoms with Crippen LogP contribution in [0.3, 0.4) is 0 Å². The molecule has 0 saturated carbocycles. The molecule has 3 aromatic rings. The van der Waals surface area contributed by atoms with Crippen molar-refractivity contribution in [2.75, 3.05) is 0 Å². The number of hydrogen-bond acceptors (Lipinski definition) is 3. The lowest BCUT2D eigenvalue weighted by Gasteiger charge is -2.39. The Labute approximate surface area is 185 Å². The van der Waals surface area contributed by atoms with Gasteiger partial charge in [0.05, 0.1) is 0 Å². The maximum absolute atomic E-state index is 15.9. The Bertz CT molecular complexity index is 1150. The van der Waals surface area contributed by atoms with E-state index in [1.54, 1.807) is 19.6 Å². The Hall–Kier alpha value is -3.02. The molecule has 1 heterocycles. The van der Waals surface area contributed by atoms with Crippen LogP contribution in [0, 0.1) is 29.9 Å². The van der Waals surface area contributed by atoms with E-state index in [9.17, 15) is 14.0 Å². The minimum Gasteiger partial charge on any atom is -0.392 e. The summed E-state index contributed by atoms with van der Waals surface area (Å²) in [6, 6.07) is 13.6. The van der Waals surface area contributed by atoms with Crippen molar-refractivity contribution in [3.05, 3.63) is 89.2 Å². The van der Waals surface area contributed by atoms with Gasteiger partial charge in [0, 0.05) is 23.4 Å². The van der Waals surface area contributed by atoms with Crippen LogP contribution >= 0.6 is 0 Å². The Kier molecular flexibility index (Phi) is 6.27. The van der Waals surface area contributed by atoms with Crippen LogP contribution in [0.1, 0.15) is 16.8 Å². The summed E-state index contributed by atoms with van der Waals surface area (Å²) in [6.45, 7) is 6.74. The Morgan fingerprint density at radius 1 is 0.938 bits per heavy atom. The largest absolute Gasteiger partial charge is 0.392 e. The highest BCUT2D eigenvalue weighted by Crippen LogP contribution is 2.49. The molecule has 1 aromatic heterocycles. The van der Waals surface area contributed by atoms with Gasteiger partial charge in [0.1, 0.15) is 23.4 Å². The minimum absolute atomic E-state index is 0.457. The normalized spacial score (nSPS) is 14.0. The Balaban J connectivity index is 2.14. The van der Waals surface area contributed by atoms with E-state index in [1.165, 1.54) is 18.3 Å². The molecule has 0 aliphatic heterocycles. The summed E-state index contributed by atoms with van der Waals surface area (Å²) in [5.74, 6) is -6.28. The highest BCUT2D eigenvalue weighted by molar-refractivity contribution is 6.69. The first-order chi connectivity index (χ1) is 14.9. The van der Waals surface area contributed by atoms with Gasteiger partial charge in [0.25, 0.3) is 0 Å². The lowest BCUT2D eigenvalue weighted by molar-refractivity contribution is -0.156. The molecule has 3 nitrogen and oxygen atoms in total. The molecule has 0 fully saturated rings. The fourth-order valence-electron chi connectivity index (χ4n) is 3.35. The maximum Gasteiger partial charge on any atom is 0.334 e. The summed E-state index contributed by atoms with van der Waals surface area (Å²) in [6.07, 6.45) is 1.27. The topological polar surface area (TPSA) is 45.9 Å². The molecular weight excluding hydrogens is 436 g/mol. The van der Waals surface area contributed by atoms with Crippen LogP contribution in [-0.4, -0.2) is 13.3 Å². The van der Waals surface area contributed by atoms with Crippen molar-refractivity contribution >= 4 is 8.32 Å². The van der Waals surface area contributed by atoms with E-state index < -0.39 is 42.7 Å². The molecular formula is C24H22F4N2OSi. The molecule has 0 unspecified atom stereocenters. The molecule has 32 heavy (non-hydrogen) atoms. The maximum atomic E-state index is 15.9. The van der Waals surface area contributed by atoms with E-state index in [-0.39, 0.29) is 0 Å². The van der Waals surface area contributed by atoms with Gasteiger partial charge in [-0.2, -0.15) is 14.0 Å². The molecule has 1 atom stereocenters. The van der Waals surface area contributed by atoms with Gasteiger partial charge in [-0.3, -0.25) is 4.98 Å². The predicted octanol–water partition coefficient (Wildman–Crippen LogP) is 6.70. The number of alkyl halides is 2.